The van der Waals surface area contributed by atoms with Crippen LogP contribution in [0, 0.1) is 13.8 Å². The van der Waals surface area contributed by atoms with Crippen LogP contribution in [0.4, 0.5) is 5.69 Å². The molecule has 0 saturated heterocycles. The number of amides is 1. The van der Waals surface area contributed by atoms with Crippen LogP contribution in [0.3, 0.4) is 0 Å². The van der Waals surface area contributed by atoms with E-state index in [9.17, 15) is 4.79 Å². The number of fused-ring (bicyclic) bond motifs is 1. The summed E-state index contributed by atoms with van der Waals surface area (Å²) in [5.41, 5.74) is 6.65. The number of rotatable bonds is 6. The number of H-pyrrole nitrogens is 1. The summed E-state index contributed by atoms with van der Waals surface area (Å²) in [6.07, 6.45) is 0.716. The first-order valence-corrected chi connectivity index (χ1v) is 11.3. The van der Waals surface area contributed by atoms with Gasteiger partial charge < -0.3 is 10.3 Å². The van der Waals surface area contributed by atoms with Crippen molar-refractivity contribution in [3.63, 3.8) is 0 Å². The van der Waals surface area contributed by atoms with Crippen LogP contribution in [0.25, 0.3) is 11.0 Å². The van der Waals surface area contributed by atoms with Gasteiger partial charge in [-0.05, 0) is 62.2 Å². The Bertz CT molecular complexity index is 1250. The predicted molar refractivity (Wildman–Crippen MR) is 128 cm³/mol. The third-order valence-corrected chi connectivity index (χ3v) is 6.24. The minimum absolute atomic E-state index is 0.125. The number of nitrogens with one attached hydrogen (secondary N) is 2. The number of hydrogen-bond acceptors (Lipinski definition) is 4. The van der Waals surface area contributed by atoms with Gasteiger partial charge >= 0.3 is 0 Å². The van der Waals surface area contributed by atoms with Gasteiger partial charge in [0.2, 0.25) is 5.91 Å². The highest BCUT2D eigenvalue weighted by Gasteiger charge is 2.18. The van der Waals surface area contributed by atoms with E-state index >= 15 is 0 Å². The number of pyridine rings is 1. The molecule has 0 fully saturated rings. The van der Waals surface area contributed by atoms with Crippen molar-refractivity contribution < 1.29 is 4.79 Å². The number of hydrogen-bond donors (Lipinski definition) is 2. The zero-order chi connectivity index (χ0) is 22.0. The molecule has 0 aliphatic heterocycles. The topological polar surface area (TPSA) is 70.7 Å². The number of para-hydroxylation sites is 1. The SMILES string of the molecule is Cc1ccc(NC(=O)C(C)Sc2nc3cccc(Cc4cccc(C)n4)c3[nH]2)c(Cl)c1. The molecule has 158 valence electrons. The fourth-order valence-electron chi connectivity index (χ4n) is 3.34. The van der Waals surface area contributed by atoms with E-state index in [1.807, 2.05) is 69.3 Å². The molecule has 0 bridgehead atoms. The first kappa shape index (κ1) is 21.4. The maximum atomic E-state index is 12.7. The van der Waals surface area contributed by atoms with Crippen LogP contribution in [0.2, 0.25) is 5.02 Å². The lowest BCUT2D eigenvalue weighted by atomic mass is 10.1. The maximum Gasteiger partial charge on any atom is 0.237 e. The molecule has 4 aromatic rings. The number of carbonyl (C=O) groups is 1. The largest absolute Gasteiger partial charge is 0.333 e. The molecule has 0 saturated carbocycles. The molecule has 0 spiro atoms. The summed E-state index contributed by atoms with van der Waals surface area (Å²) in [5, 5.41) is 3.79. The van der Waals surface area contributed by atoms with Gasteiger partial charge in [-0.2, -0.15) is 0 Å². The van der Waals surface area contributed by atoms with Crippen molar-refractivity contribution in [2.24, 2.45) is 0 Å². The van der Waals surface area contributed by atoms with Crippen LogP contribution in [0.1, 0.15) is 29.4 Å². The van der Waals surface area contributed by atoms with Crippen LogP contribution in [-0.2, 0) is 11.2 Å². The average Bonchev–Trinajstić information content (AvgIpc) is 3.13. The summed E-state index contributed by atoms with van der Waals surface area (Å²) in [4.78, 5) is 25.3. The van der Waals surface area contributed by atoms with Gasteiger partial charge in [0.05, 0.1) is 27.0 Å². The number of nitrogens with zero attached hydrogens (tertiary/aromatic N) is 2. The highest BCUT2D eigenvalue weighted by atomic mass is 35.5. The molecule has 0 radical (unpaired) electrons. The summed E-state index contributed by atoms with van der Waals surface area (Å²) >= 11 is 7.63. The summed E-state index contributed by atoms with van der Waals surface area (Å²) in [6, 6.07) is 17.7. The number of imidazole rings is 1. The molecule has 4 rings (SSSR count). The van der Waals surface area contributed by atoms with E-state index in [4.69, 9.17) is 11.6 Å². The number of aryl methyl sites for hydroxylation is 2. The maximum absolute atomic E-state index is 12.7. The highest BCUT2D eigenvalue weighted by Crippen LogP contribution is 2.28. The third-order valence-electron chi connectivity index (χ3n) is 4.94. The van der Waals surface area contributed by atoms with Crippen molar-refractivity contribution in [2.75, 3.05) is 5.32 Å². The quantitative estimate of drug-likeness (QED) is 0.357. The lowest BCUT2D eigenvalue weighted by Crippen LogP contribution is -2.22. The molecule has 2 aromatic carbocycles. The Balaban J connectivity index is 1.50. The molecular weight excluding hydrogens is 428 g/mol. The first-order chi connectivity index (χ1) is 14.9. The molecule has 2 heterocycles. The zero-order valence-electron chi connectivity index (χ0n) is 17.6. The van der Waals surface area contributed by atoms with Crippen molar-refractivity contribution in [1.29, 1.82) is 0 Å². The summed E-state index contributed by atoms with van der Waals surface area (Å²) in [5.74, 6) is -0.125. The van der Waals surface area contributed by atoms with E-state index in [2.05, 4.69) is 26.3 Å². The number of anilines is 1. The Morgan fingerprint density at radius 2 is 1.94 bits per heavy atom. The van der Waals surface area contributed by atoms with E-state index in [-0.39, 0.29) is 11.2 Å². The van der Waals surface area contributed by atoms with E-state index in [1.165, 1.54) is 11.8 Å². The molecule has 1 unspecified atom stereocenters. The smallest absolute Gasteiger partial charge is 0.237 e. The van der Waals surface area contributed by atoms with Crippen molar-refractivity contribution in [3.05, 3.63) is 82.1 Å². The molecule has 1 atom stereocenters. The third kappa shape index (κ3) is 5.09. The number of thioether (sulfide) groups is 1. The van der Waals surface area contributed by atoms with Gasteiger partial charge in [0.1, 0.15) is 0 Å². The zero-order valence-corrected chi connectivity index (χ0v) is 19.1. The molecule has 1 amide bonds. The highest BCUT2D eigenvalue weighted by molar-refractivity contribution is 8.00. The Hall–Kier alpha value is -2.83. The summed E-state index contributed by atoms with van der Waals surface area (Å²) in [7, 11) is 0. The van der Waals surface area contributed by atoms with E-state index < -0.39 is 0 Å². The molecule has 2 N–H and O–H groups in total. The number of benzene rings is 2. The van der Waals surface area contributed by atoms with Crippen LogP contribution < -0.4 is 5.32 Å². The summed E-state index contributed by atoms with van der Waals surface area (Å²) < 4.78 is 0. The fraction of sp³-hybridized carbons (Fsp3) is 0.208. The Labute approximate surface area is 190 Å². The molecular formula is C24H23ClN4OS. The number of halogens is 1. The lowest BCUT2D eigenvalue weighted by molar-refractivity contribution is -0.115. The number of aromatic amines is 1. The van der Waals surface area contributed by atoms with Crippen LogP contribution >= 0.6 is 23.4 Å². The molecule has 0 aliphatic rings. The van der Waals surface area contributed by atoms with Gasteiger partial charge in [-0.1, -0.05) is 47.6 Å². The molecule has 5 nitrogen and oxygen atoms in total. The van der Waals surface area contributed by atoms with Crippen molar-refractivity contribution in [1.82, 2.24) is 15.0 Å². The monoisotopic (exact) mass is 450 g/mol. The van der Waals surface area contributed by atoms with Crippen LogP contribution in [0.5, 0.6) is 0 Å². The second-order valence-corrected chi connectivity index (χ2v) is 9.27. The van der Waals surface area contributed by atoms with Gasteiger partial charge in [-0.15, -0.1) is 0 Å². The summed E-state index contributed by atoms with van der Waals surface area (Å²) in [6.45, 7) is 5.80. The van der Waals surface area contributed by atoms with Crippen molar-refractivity contribution >= 4 is 46.0 Å². The van der Waals surface area contributed by atoms with E-state index in [0.29, 0.717) is 22.3 Å². The fourth-order valence-corrected chi connectivity index (χ4v) is 4.44. The first-order valence-electron chi connectivity index (χ1n) is 10.0. The normalized spacial score (nSPS) is 12.1. The van der Waals surface area contributed by atoms with E-state index in [1.54, 1.807) is 0 Å². The van der Waals surface area contributed by atoms with E-state index in [0.717, 1.165) is 33.5 Å². The average molecular weight is 451 g/mol. The molecule has 0 aliphatic carbocycles. The number of aromatic nitrogens is 3. The standard InChI is InChI=1S/C24H23ClN4OS/c1-14-10-11-20(19(25)12-14)27-23(30)16(3)31-24-28-21-9-5-7-17(22(21)29-24)13-18-8-4-6-15(2)26-18/h4-12,16H,13H2,1-3H3,(H,27,30)(H,28,29). The molecule has 2 aromatic heterocycles. The Morgan fingerprint density at radius 3 is 2.71 bits per heavy atom. The Kier molecular flexibility index (Phi) is 6.30. The predicted octanol–water partition coefficient (Wildman–Crippen LogP) is 5.94. The minimum atomic E-state index is -0.347. The van der Waals surface area contributed by atoms with Gasteiger partial charge in [0.25, 0.3) is 0 Å². The molecule has 31 heavy (non-hydrogen) atoms. The number of carbonyl (C=O) groups excluding carboxylic acids is 1. The Morgan fingerprint density at radius 1 is 1.13 bits per heavy atom. The minimum Gasteiger partial charge on any atom is -0.333 e. The van der Waals surface area contributed by atoms with Crippen LogP contribution in [0.15, 0.2) is 59.8 Å². The van der Waals surface area contributed by atoms with Gasteiger partial charge in [0.15, 0.2) is 5.16 Å². The van der Waals surface area contributed by atoms with Crippen molar-refractivity contribution in [2.45, 2.75) is 37.6 Å². The van der Waals surface area contributed by atoms with Crippen LogP contribution in [-0.4, -0.2) is 26.1 Å². The second-order valence-electron chi connectivity index (χ2n) is 7.53. The molecule has 7 heteroatoms. The van der Waals surface area contributed by atoms with Gasteiger partial charge in [-0.3, -0.25) is 9.78 Å². The second kappa shape index (κ2) is 9.12. The van der Waals surface area contributed by atoms with Crippen molar-refractivity contribution in [3.8, 4) is 0 Å². The van der Waals surface area contributed by atoms with Gasteiger partial charge in [0, 0.05) is 17.8 Å². The van der Waals surface area contributed by atoms with Gasteiger partial charge in [-0.25, -0.2) is 4.98 Å². The lowest BCUT2D eigenvalue weighted by Gasteiger charge is -2.12.